The molecule has 0 aliphatic carbocycles. The summed E-state index contributed by atoms with van der Waals surface area (Å²) in [5.41, 5.74) is 0.646. The van der Waals surface area contributed by atoms with Crippen molar-refractivity contribution in [2.75, 3.05) is 6.54 Å². The van der Waals surface area contributed by atoms with E-state index in [1.807, 2.05) is 19.2 Å². The fourth-order valence-corrected chi connectivity index (χ4v) is 2.66. The molecule has 2 rings (SSSR count). The lowest BCUT2D eigenvalue weighted by atomic mass is 10.2. The Balaban J connectivity index is 2.11. The lowest BCUT2D eigenvalue weighted by molar-refractivity contribution is 0.0673. The van der Waals surface area contributed by atoms with E-state index in [0.29, 0.717) is 23.9 Å². The van der Waals surface area contributed by atoms with Crippen molar-refractivity contribution in [1.29, 1.82) is 0 Å². The summed E-state index contributed by atoms with van der Waals surface area (Å²) in [5, 5.41) is 2.98. The van der Waals surface area contributed by atoms with Gasteiger partial charge in [-0.15, -0.1) is 11.3 Å². The summed E-state index contributed by atoms with van der Waals surface area (Å²) < 4.78 is 5.43. The summed E-state index contributed by atoms with van der Waals surface area (Å²) in [6.45, 7) is 8.17. The smallest absolute Gasteiger partial charge is 0.291 e. The summed E-state index contributed by atoms with van der Waals surface area (Å²) >= 11 is 1.61. The molecular weight excluding hydrogens is 274 g/mol. The summed E-state index contributed by atoms with van der Waals surface area (Å²) in [7, 11) is 0. The highest BCUT2D eigenvalue weighted by Gasteiger charge is 2.24. The highest BCUT2D eigenvalue weighted by Crippen LogP contribution is 2.15. The van der Waals surface area contributed by atoms with E-state index in [1.54, 1.807) is 36.3 Å². The third-order valence-electron chi connectivity index (χ3n) is 3.03. The van der Waals surface area contributed by atoms with Crippen LogP contribution in [-0.2, 0) is 6.42 Å². The molecule has 0 N–H and O–H groups in total. The van der Waals surface area contributed by atoms with E-state index in [1.165, 1.54) is 0 Å². The lowest BCUT2D eigenvalue weighted by Gasteiger charge is -2.25. The zero-order valence-electron chi connectivity index (χ0n) is 12.2. The number of hydrogen-bond acceptors (Lipinski definition) is 5. The average molecular weight is 293 g/mol. The second-order valence-corrected chi connectivity index (χ2v) is 5.89. The number of carbonyl (C=O) groups is 1. The van der Waals surface area contributed by atoms with Crippen LogP contribution < -0.4 is 0 Å². The Morgan fingerprint density at radius 1 is 1.45 bits per heavy atom. The normalized spacial score (nSPS) is 11.1. The van der Waals surface area contributed by atoms with Gasteiger partial charge in [0.1, 0.15) is 0 Å². The first-order valence-corrected chi connectivity index (χ1v) is 7.50. The third-order valence-corrected chi connectivity index (χ3v) is 3.87. The first-order chi connectivity index (χ1) is 9.49. The standard InChI is InChI=1S/C14H19N3O2S/c1-9(2)17(7-5-12-15-6-8-20-12)14(18)13-10(3)16-11(4)19-13/h6,8-9H,5,7H2,1-4H3. The van der Waals surface area contributed by atoms with Gasteiger partial charge in [-0.3, -0.25) is 4.79 Å². The Hall–Kier alpha value is -1.69. The van der Waals surface area contributed by atoms with Crippen molar-refractivity contribution < 1.29 is 9.21 Å². The molecule has 2 aromatic heterocycles. The number of carbonyl (C=O) groups excluding carboxylic acids is 1. The third kappa shape index (κ3) is 3.25. The summed E-state index contributed by atoms with van der Waals surface area (Å²) in [6.07, 6.45) is 2.54. The highest BCUT2D eigenvalue weighted by molar-refractivity contribution is 7.09. The first kappa shape index (κ1) is 14.7. The maximum Gasteiger partial charge on any atom is 0.291 e. The van der Waals surface area contributed by atoms with E-state index >= 15 is 0 Å². The Kier molecular flexibility index (Phi) is 4.54. The average Bonchev–Trinajstić information content (AvgIpc) is 2.98. The topological polar surface area (TPSA) is 59.2 Å². The van der Waals surface area contributed by atoms with Gasteiger partial charge in [-0.05, 0) is 20.8 Å². The number of rotatable bonds is 5. The molecule has 0 atom stereocenters. The molecule has 2 heterocycles. The van der Waals surface area contributed by atoms with Crippen LogP contribution in [0.4, 0.5) is 0 Å². The molecular formula is C14H19N3O2S. The Bertz CT molecular complexity index is 575. The van der Waals surface area contributed by atoms with E-state index in [-0.39, 0.29) is 11.9 Å². The number of oxazole rings is 1. The first-order valence-electron chi connectivity index (χ1n) is 6.62. The molecule has 0 aliphatic heterocycles. The number of hydrogen-bond donors (Lipinski definition) is 0. The fourth-order valence-electron chi connectivity index (χ4n) is 2.05. The molecule has 0 aromatic carbocycles. The van der Waals surface area contributed by atoms with Crippen LogP contribution in [0.5, 0.6) is 0 Å². The van der Waals surface area contributed by atoms with Crippen LogP contribution in [-0.4, -0.2) is 33.4 Å². The van der Waals surface area contributed by atoms with Gasteiger partial charge in [0.05, 0.1) is 10.7 Å². The highest BCUT2D eigenvalue weighted by atomic mass is 32.1. The van der Waals surface area contributed by atoms with E-state index < -0.39 is 0 Å². The van der Waals surface area contributed by atoms with Crippen LogP contribution in [0.25, 0.3) is 0 Å². The molecule has 20 heavy (non-hydrogen) atoms. The van der Waals surface area contributed by atoms with Crippen molar-refractivity contribution in [3.8, 4) is 0 Å². The monoisotopic (exact) mass is 293 g/mol. The van der Waals surface area contributed by atoms with Crippen LogP contribution in [0.2, 0.25) is 0 Å². The zero-order chi connectivity index (χ0) is 14.7. The fraction of sp³-hybridized carbons (Fsp3) is 0.500. The van der Waals surface area contributed by atoms with Crippen molar-refractivity contribution in [3.63, 3.8) is 0 Å². The minimum Gasteiger partial charge on any atom is -0.436 e. The van der Waals surface area contributed by atoms with Gasteiger partial charge in [0.2, 0.25) is 5.76 Å². The van der Waals surface area contributed by atoms with Crippen LogP contribution in [0.15, 0.2) is 16.0 Å². The Labute approximate surface area is 122 Å². The molecule has 5 nitrogen and oxygen atoms in total. The lowest BCUT2D eigenvalue weighted by Crippen LogP contribution is -2.38. The predicted octanol–water partition coefficient (Wildman–Crippen LogP) is 2.84. The Morgan fingerprint density at radius 3 is 2.70 bits per heavy atom. The van der Waals surface area contributed by atoms with Crippen LogP contribution >= 0.6 is 11.3 Å². The summed E-state index contributed by atoms with van der Waals surface area (Å²) in [5.74, 6) is 0.763. The molecule has 108 valence electrons. The Morgan fingerprint density at radius 2 is 2.20 bits per heavy atom. The van der Waals surface area contributed by atoms with Gasteiger partial charge in [-0.25, -0.2) is 9.97 Å². The molecule has 0 aliphatic rings. The van der Waals surface area contributed by atoms with E-state index in [4.69, 9.17) is 4.42 Å². The van der Waals surface area contributed by atoms with Crippen molar-refractivity contribution in [1.82, 2.24) is 14.9 Å². The largest absolute Gasteiger partial charge is 0.436 e. The second kappa shape index (κ2) is 6.17. The van der Waals surface area contributed by atoms with E-state index in [0.717, 1.165) is 11.4 Å². The summed E-state index contributed by atoms with van der Waals surface area (Å²) in [4.78, 5) is 22.8. The predicted molar refractivity (Wildman–Crippen MR) is 78.0 cm³/mol. The maximum absolute atomic E-state index is 12.6. The van der Waals surface area contributed by atoms with Gasteiger partial charge in [-0.1, -0.05) is 0 Å². The molecule has 0 radical (unpaired) electrons. The zero-order valence-corrected chi connectivity index (χ0v) is 13.0. The molecule has 0 fully saturated rings. The molecule has 0 saturated carbocycles. The minimum absolute atomic E-state index is 0.102. The number of aryl methyl sites for hydroxylation is 2. The van der Waals surface area contributed by atoms with Crippen molar-refractivity contribution >= 4 is 17.2 Å². The molecule has 0 spiro atoms. The summed E-state index contributed by atoms with van der Waals surface area (Å²) in [6, 6.07) is 0.104. The SMILES string of the molecule is Cc1nc(C)c(C(=O)N(CCc2nccs2)C(C)C)o1. The number of nitrogens with zero attached hydrogens (tertiary/aromatic N) is 3. The van der Waals surface area contributed by atoms with Crippen LogP contribution in [0, 0.1) is 13.8 Å². The quantitative estimate of drug-likeness (QED) is 0.850. The number of amides is 1. The van der Waals surface area contributed by atoms with Gasteiger partial charge in [0.15, 0.2) is 5.89 Å². The van der Waals surface area contributed by atoms with Gasteiger partial charge in [0, 0.05) is 37.5 Å². The number of thiazole rings is 1. The molecule has 1 amide bonds. The molecule has 0 saturated heterocycles. The molecule has 0 bridgehead atoms. The molecule has 6 heteroatoms. The van der Waals surface area contributed by atoms with E-state index in [2.05, 4.69) is 9.97 Å². The minimum atomic E-state index is -0.102. The van der Waals surface area contributed by atoms with Crippen LogP contribution in [0.1, 0.15) is 41.0 Å². The second-order valence-electron chi connectivity index (χ2n) is 4.92. The van der Waals surface area contributed by atoms with Crippen molar-refractivity contribution in [2.24, 2.45) is 0 Å². The van der Waals surface area contributed by atoms with E-state index in [9.17, 15) is 4.79 Å². The maximum atomic E-state index is 12.6. The molecule has 2 aromatic rings. The molecule has 0 unspecified atom stereocenters. The van der Waals surface area contributed by atoms with Gasteiger partial charge in [-0.2, -0.15) is 0 Å². The van der Waals surface area contributed by atoms with Gasteiger partial charge in [0.25, 0.3) is 5.91 Å². The van der Waals surface area contributed by atoms with Crippen molar-refractivity contribution in [3.05, 3.63) is 33.9 Å². The van der Waals surface area contributed by atoms with Crippen LogP contribution in [0.3, 0.4) is 0 Å². The number of aromatic nitrogens is 2. The van der Waals surface area contributed by atoms with Gasteiger partial charge >= 0.3 is 0 Å². The van der Waals surface area contributed by atoms with Crippen molar-refractivity contribution in [2.45, 2.75) is 40.2 Å². The van der Waals surface area contributed by atoms with Gasteiger partial charge < -0.3 is 9.32 Å².